The molecule has 0 aliphatic heterocycles. The van der Waals surface area contributed by atoms with E-state index < -0.39 is 0 Å². The lowest BCUT2D eigenvalue weighted by molar-refractivity contribution is 0.394. The highest BCUT2D eigenvalue weighted by molar-refractivity contribution is 5.22. The SMILES string of the molecule is CCCCCCCCCCNC(C)(C)c1ccccc1.O. The van der Waals surface area contributed by atoms with Crippen molar-refractivity contribution in [3.8, 4) is 0 Å². The van der Waals surface area contributed by atoms with Gasteiger partial charge in [0.05, 0.1) is 0 Å². The van der Waals surface area contributed by atoms with Crippen LogP contribution in [0.1, 0.15) is 77.7 Å². The Morgan fingerprint density at radius 1 is 0.810 bits per heavy atom. The summed E-state index contributed by atoms with van der Waals surface area (Å²) in [6, 6.07) is 10.7. The van der Waals surface area contributed by atoms with Crippen LogP contribution < -0.4 is 5.32 Å². The molecule has 0 unspecified atom stereocenters. The Labute approximate surface area is 131 Å². The third-order valence-corrected chi connectivity index (χ3v) is 4.09. The second-order valence-electron chi connectivity index (χ2n) is 6.39. The molecule has 0 bridgehead atoms. The van der Waals surface area contributed by atoms with Crippen LogP contribution in [0, 0.1) is 0 Å². The van der Waals surface area contributed by atoms with Crippen LogP contribution >= 0.6 is 0 Å². The summed E-state index contributed by atoms with van der Waals surface area (Å²) in [5.41, 5.74) is 1.46. The molecule has 21 heavy (non-hydrogen) atoms. The van der Waals surface area contributed by atoms with Crippen LogP contribution in [-0.2, 0) is 5.54 Å². The molecule has 1 aromatic carbocycles. The predicted octanol–water partition coefficient (Wildman–Crippen LogP) is 4.83. The van der Waals surface area contributed by atoms with Gasteiger partial charge >= 0.3 is 0 Å². The summed E-state index contributed by atoms with van der Waals surface area (Å²) in [5, 5.41) is 3.69. The second-order valence-corrected chi connectivity index (χ2v) is 6.39. The fourth-order valence-electron chi connectivity index (χ4n) is 2.62. The Morgan fingerprint density at radius 2 is 1.33 bits per heavy atom. The molecular formula is C19H35NO. The molecule has 0 fully saturated rings. The standard InChI is InChI=1S/C19H33N.H2O/c1-4-5-6-7-8-9-10-14-17-20-19(2,3)18-15-12-11-13-16-18;/h11-13,15-16,20H,4-10,14,17H2,1-3H3;1H2. The average Bonchev–Trinajstić information content (AvgIpc) is 2.46. The van der Waals surface area contributed by atoms with E-state index in [1.54, 1.807) is 0 Å². The summed E-state index contributed by atoms with van der Waals surface area (Å²) in [6.07, 6.45) is 11.1. The summed E-state index contributed by atoms with van der Waals surface area (Å²) in [6.45, 7) is 7.94. The third kappa shape index (κ3) is 8.90. The van der Waals surface area contributed by atoms with E-state index in [0.717, 1.165) is 6.54 Å². The monoisotopic (exact) mass is 293 g/mol. The molecule has 0 aliphatic carbocycles. The lowest BCUT2D eigenvalue weighted by atomic mass is 9.94. The number of hydrogen-bond donors (Lipinski definition) is 1. The first-order valence-corrected chi connectivity index (χ1v) is 8.47. The fraction of sp³-hybridized carbons (Fsp3) is 0.684. The Morgan fingerprint density at radius 3 is 1.90 bits per heavy atom. The molecule has 2 nitrogen and oxygen atoms in total. The highest BCUT2D eigenvalue weighted by Crippen LogP contribution is 2.19. The molecule has 0 saturated heterocycles. The van der Waals surface area contributed by atoms with Crippen LogP contribution in [0.3, 0.4) is 0 Å². The summed E-state index contributed by atoms with van der Waals surface area (Å²) in [5.74, 6) is 0. The number of benzene rings is 1. The Kier molecular flexibility index (Phi) is 11.3. The first-order valence-electron chi connectivity index (χ1n) is 8.47. The van der Waals surface area contributed by atoms with E-state index >= 15 is 0 Å². The van der Waals surface area contributed by atoms with Crippen LogP contribution in [0.2, 0.25) is 0 Å². The lowest BCUT2D eigenvalue weighted by Crippen LogP contribution is -2.37. The minimum Gasteiger partial charge on any atom is -0.412 e. The van der Waals surface area contributed by atoms with Crippen molar-refractivity contribution in [2.45, 2.75) is 77.7 Å². The van der Waals surface area contributed by atoms with E-state index in [1.165, 1.54) is 56.9 Å². The Balaban J connectivity index is 0.00000400. The maximum absolute atomic E-state index is 3.69. The largest absolute Gasteiger partial charge is 0.412 e. The van der Waals surface area contributed by atoms with E-state index in [9.17, 15) is 0 Å². The van der Waals surface area contributed by atoms with Gasteiger partial charge in [-0.05, 0) is 32.4 Å². The maximum atomic E-state index is 3.69. The second kappa shape index (κ2) is 11.8. The van der Waals surface area contributed by atoms with Crippen molar-refractivity contribution in [3.63, 3.8) is 0 Å². The number of unbranched alkanes of at least 4 members (excludes halogenated alkanes) is 7. The van der Waals surface area contributed by atoms with Gasteiger partial charge in [-0.2, -0.15) is 0 Å². The quantitative estimate of drug-likeness (QED) is 0.584. The minimum absolute atomic E-state index is 0. The Bertz CT molecular complexity index is 335. The van der Waals surface area contributed by atoms with E-state index in [4.69, 9.17) is 0 Å². The third-order valence-electron chi connectivity index (χ3n) is 4.09. The highest BCUT2D eigenvalue weighted by Gasteiger charge is 2.18. The molecule has 2 heteroatoms. The van der Waals surface area contributed by atoms with Crippen LogP contribution in [0.15, 0.2) is 30.3 Å². The van der Waals surface area contributed by atoms with Crippen LogP contribution in [0.5, 0.6) is 0 Å². The van der Waals surface area contributed by atoms with Gasteiger partial charge in [-0.15, -0.1) is 0 Å². The zero-order valence-electron chi connectivity index (χ0n) is 14.3. The molecule has 0 spiro atoms. The summed E-state index contributed by atoms with van der Waals surface area (Å²) in [7, 11) is 0. The minimum atomic E-state index is 0. The zero-order chi connectivity index (χ0) is 14.7. The van der Waals surface area contributed by atoms with Crippen LogP contribution in [-0.4, -0.2) is 12.0 Å². The molecule has 0 radical (unpaired) electrons. The van der Waals surface area contributed by atoms with E-state index in [1.807, 2.05) is 0 Å². The van der Waals surface area contributed by atoms with Crippen LogP contribution in [0.4, 0.5) is 0 Å². The molecular weight excluding hydrogens is 258 g/mol. The topological polar surface area (TPSA) is 43.5 Å². The van der Waals surface area contributed by atoms with E-state index in [2.05, 4.69) is 56.4 Å². The fourth-order valence-corrected chi connectivity index (χ4v) is 2.62. The molecule has 3 N–H and O–H groups in total. The number of hydrogen-bond acceptors (Lipinski definition) is 1. The van der Waals surface area contributed by atoms with Crippen molar-refractivity contribution in [2.75, 3.05) is 6.54 Å². The van der Waals surface area contributed by atoms with Gasteiger partial charge in [0.2, 0.25) is 0 Å². The molecule has 0 aliphatic rings. The van der Waals surface area contributed by atoms with Gasteiger partial charge < -0.3 is 10.8 Å². The van der Waals surface area contributed by atoms with E-state index in [0.29, 0.717) is 0 Å². The predicted molar refractivity (Wildman–Crippen MR) is 93.7 cm³/mol. The molecule has 0 atom stereocenters. The first-order chi connectivity index (χ1) is 9.67. The molecule has 0 saturated carbocycles. The molecule has 122 valence electrons. The molecule has 1 rings (SSSR count). The maximum Gasteiger partial charge on any atom is 0.0377 e. The molecule has 0 aromatic heterocycles. The van der Waals surface area contributed by atoms with Gasteiger partial charge in [0.15, 0.2) is 0 Å². The van der Waals surface area contributed by atoms with Gasteiger partial charge in [0.25, 0.3) is 0 Å². The first kappa shape index (κ1) is 20.1. The smallest absolute Gasteiger partial charge is 0.0377 e. The number of rotatable bonds is 11. The van der Waals surface area contributed by atoms with E-state index in [-0.39, 0.29) is 11.0 Å². The van der Waals surface area contributed by atoms with Crippen molar-refractivity contribution in [1.29, 1.82) is 0 Å². The van der Waals surface area contributed by atoms with Gasteiger partial charge in [-0.25, -0.2) is 0 Å². The summed E-state index contributed by atoms with van der Waals surface area (Å²) < 4.78 is 0. The van der Waals surface area contributed by atoms with Crippen molar-refractivity contribution < 1.29 is 5.48 Å². The van der Waals surface area contributed by atoms with Crippen molar-refractivity contribution >= 4 is 0 Å². The highest BCUT2D eigenvalue weighted by atomic mass is 16.0. The molecule has 0 amide bonds. The lowest BCUT2D eigenvalue weighted by Gasteiger charge is -2.27. The van der Waals surface area contributed by atoms with Crippen molar-refractivity contribution in [3.05, 3.63) is 35.9 Å². The summed E-state index contributed by atoms with van der Waals surface area (Å²) in [4.78, 5) is 0. The Hall–Kier alpha value is -0.860. The van der Waals surface area contributed by atoms with Crippen molar-refractivity contribution in [2.24, 2.45) is 0 Å². The average molecular weight is 293 g/mol. The van der Waals surface area contributed by atoms with Gasteiger partial charge in [0.1, 0.15) is 0 Å². The number of nitrogens with one attached hydrogen (secondary N) is 1. The van der Waals surface area contributed by atoms with Crippen LogP contribution in [0.25, 0.3) is 0 Å². The summed E-state index contributed by atoms with van der Waals surface area (Å²) >= 11 is 0. The molecule has 1 aromatic rings. The van der Waals surface area contributed by atoms with Gasteiger partial charge in [-0.1, -0.05) is 82.2 Å². The van der Waals surface area contributed by atoms with Gasteiger partial charge in [-0.3, -0.25) is 0 Å². The van der Waals surface area contributed by atoms with Crippen molar-refractivity contribution in [1.82, 2.24) is 5.32 Å². The van der Waals surface area contributed by atoms with Gasteiger partial charge in [0, 0.05) is 5.54 Å². The molecule has 0 heterocycles. The zero-order valence-corrected chi connectivity index (χ0v) is 14.3. The normalized spacial score (nSPS) is 11.2.